The average molecular weight is 303 g/mol. The molecule has 1 aromatic rings. The molecule has 0 aliphatic heterocycles. The predicted molar refractivity (Wildman–Crippen MR) is 80.6 cm³/mol. The van der Waals surface area contributed by atoms with E-state index in [9.17, 15) is 4.79 Å². The van der Waals surface area contributed by atoms with E-state index in [-0.39, 0.29) is 11.3 Å². The fourth-order valence-electron chi connectivity index (χ4n) is 1.55. The molecular formula is C14H20Cl2N2O. The third kappa shape index (κ3) is 5.01. The van der Waals surface area contributed by atoms with Gasteiger partial charge in [-0.25, -0.2) is 0 Å². The maximum Gasteiger partial charge on any atom is 0.237 e. The van der Waals surface area contributed by atoms with Crippen LogP contribution in [0.25, 0.3) is 0 Å². The first-order chi connectivity index (χ1) is 8.71. The molecule has 5 heteroatoms. The molecule has 1 aromatic carbocycles. The third-order valence-corrected chi connectivity index (χ3v) is 3.51. The zero-order valence-corrected chi connectivity index (χ0v) is 13.0. The smallest absolute Gasteiger partial charge is 0.237 e. The van der Waals surface area contributed by atoms with E-state index in [1.807, 2.05) is 26.8 Å². The maximum atomic E-state index is 11.8. The second-order valence-corrected chi connectivity index (χ2v) is 6.46. The molecule has 0 heterocycles. The Kier molecular flexibility index (Phi) is 5.65. The Hall–Kier alpha value is -0.770. The Labute approximate surface area is 124 Å². The number of amides is 1. The van der Waals surface area contributed by atoms with Crippen molar-refractivity contribution in [1.29, 1.82) is 0 Å². The van der Waals surface area contributed by atoms with Crippen molar-refractivity contribution in [3.8, 4) is 0 Å². The van der Waals surface area contributed by atoms with Crippen molar-refractivity contribution < 1.29 is 4.79 Å². The van der Waals surface area contributed by atoms with Crippen LogP contribution in [0.15, 0.2) is 18.2 Å². The molecular weight excluding hydrogens is 283 g/mol. The summed E-state index contributed by atoms with van der Waals surface area (Å²) in [4.78, 5) is 11.8. The molecule has 0 aliphatic carbocycles. The lowest BCUT2D eigenvalue weighted by Gasteiger charge is -2.25. The largest absolute Gasteiger partial charge is 0.354 e. The van der Waals surface area contributed by atoms with Gasteiger partial charge in [-0.1, -0.05) is 50.0 Å². The fourth-order valence-corrected chi connectivity index (χ4v) is 2.05. The van der Waals surface area contributed by atoms with E-state index in [1.165, 1.54) is 0 Å². The summed E-state index contributed by atoms with van der Waals surface area (Å²) < 4.78 is 0. The topological polar surface area (TPSA) is 55.1 Å². The molecule has 106 valence electrons. The number of hydrogen-bond acceptors (Lipinski definition) is 2. The summed E-state index contributed by atoms with van der Waals surface area (Å²) in [7, 11) is 0. The van der Waals surface area contributed by atoms with E-state index in [4.69, 9.17) is 28.9 Å². The van der Waals surface area contributed by atoms with E-state index in [2.05, 4.69) is 5.32 Å². The molecule has 19 heavy (non-hydrogen) atoms. The summed E-state index contributed by atoms with van der Waals surface area (Å²) in [5.74, 6) is -0.141. The molecule has 3 nitrogen and oxygen atoms in total. The molecule has 1 unspecified atom stereocenters. The van der Waals surface area contributed by atoms with Crippen LogP contribution in [0.4, 0.5) is 0 Å². The molecule has 1 atom stereocenters. The van der Waals surface area contributed by atoms with Gasteiger partial charge >= 0.3 is 0 Å². The Morgan fingerprint density at radius 2 is 2.00 bits per heavy atom. The number of carbonyl (C=O) groups is 1. The van der Waals surface area contributed by atoms with Crippen LogP contribution in [0, 0.1) is 5.41 Å². The van der Waals surface area contributed by atoms with Gasteiger partial charge in [-0.15, -0.1) is 0 Å². The fraction of sp³-hybridized carbons (Fsp3) is 0.500. The molecule has 0 saturated heterocycles. The molecule has 1 rings (SSSR count). The summed E-state index contributed by atoms with van der Waals surface area (Å²) in [6.45, 7) is 6.32. The van der Waals surface area contributed by atoms with Gasteiger partial charge in [0.25, 0.3) is 0 Å². The summed E-state index contributed by atoms with van der Waals surface area (Å²) in [5.41, 5.74) is 6.57. The Bertz CT molecular complexity index is 455. The average Bonchev–Trinajstić information content (AvgIpc) is 2.29. The molecule has 0 bridgehead atoms. The van der Waals surface area contributed by atoms with Gasteiger partial charge < -0.3 is 11.1 Å². The summed E-state index contributed by atoms with van der Waals surface area (Å²) in [6, 6.07) is 4.82. The Morgan fingerprint density at radius 1 is 1.37 bits per heavy atom. The van der Waals surface area contributed by atoms with Crippen LogP contribution in [0.3, 0.4) is 0 Å². The van der Waals surface area contributed by atoms with Crippen molar-refractivity contribution in [3.05, 3.63) is 33.8 Å². The zero-order valence-electron chi connectivity index (χ0n) is 11.5. The van der Waals surface area contributed by atoms with Gasteiger partial charge in [0.2, 0.25) is 5.91 Å². The normalized spacial score (nSPS) is 13.2. The van der Waals surface area contributed by atoms with Gasteiger partial charge in [0.1, 0.15) is 0 Å². The van der Waals surface area contributed by atoms with Crippen molar-refractivity contribution in [2.45, 2.75) is 33.2 Å². The predicted octanol–water partition coefficient (Wildman–Crippen LogP) is 3.03. The summed E-state index contributed by atoms with van der Waals surface area (Å²) in [6.07, 6.45) is 0.651. The first-order valence-corrected chi connectivity index (χ1v) is 6.94. The van der Waals surface area contributed by atoms with E-state index in [1.54, 1.807) is 12.1 Å². The second-order valence-electron chi connectivity index (χ2n) is 5.62. The summed E-state index contributed by atoms with van der Waals surface area (Å²) >= 11 is 11.9. The second kappa shape index (κ2) is 6.60. The highest BCUT2D eigenvalue weighted by Gasteiger charge is 2.26. The molecule has 0 aromatic heterocycles. The van der Waals surface area contributed by atoms with Crippen LogP contribution in [0.5, 0.6) is 0 Å². The van der Waals surface area contributed by atoms with Gasteiger partial charge in [0.15, 0.2) is 0 Å². The van der Waals surface area contributed by atoms with E-state index in [0.717, 1.165) is 5.56 Å². The first-order valence-electron chi connectivity index (χ1n) is 6.19. The monoisotopic (exact) mass is 302 g/mol. The van der Waals surface area contributed by atoms with Gasteiger partial charge in [-0.3, -0.25) is 4.79 Å². The van der Waals surface area contributed by atoms with Gasteiger partial charge in [0, 0.05) is 16.6 Å². The van der Waals surface area contributed by atoms with Crippen molar-refractivity contribution in [2.75, 3.05) is 6.54 Å². The first kappa shape index (κ1) is 16.3. The highest BCUT2D eigenvalue weighted by molar-refractivity contribution is 6.35. The highest BCUT2D eigenvalue weighted by Crippen LogP contribution is 2.21. The molecule has 0 spiro atoms. The SMILES string of the molecule is CC(C)(C)C(N)C(=O)NCCc1ccc(Cl)cc1Cl. The van der Waals surface area contributed by atoms with Gasteiger partial charge in [-0.05, 0) is 29.5 Å². The number of nitrogens with one attached hydrogen (secondary N) is 1. The van der Waals surface area contributed by atoms with Gasteiger partial charge in [-0.2, -0.15) is 0 Å². The Morgan fingerprint density at radius 3 is 2.53 bits per heavy atom. The van der Waals surface area contributed by atoms with Crippen LogP contribution in [0.1, 0.15) is 26.3 Å². The highest BCUT2D eigenvalue weighted by atomic mass is 35.5. The van der Waals surface area contributed by atoms with Crippen molar-refractivity contribution in [2.24, 2.45) is 11.1 Å². The molecule has 0 aliphatic rings. The number of carbonyl (C=O) groups excluding carboxylic acids is 1. The molecule has 1 amide bonds. The maximum absolute atomic E-state index is 11.8. The van der Waals surface area contributed by atoms with Crippen molar-refractivity contribution >= 4 is 29.1 Å². The van der Waals surface area contributed by atoms with Crippen LogP contribution in [-0.2, 0) is 11.2 Å². The standard InChI is InChI=1S/C14H20Cl2N2O/c1-14(2,3)12(17)13(19)18-7-6-9-4-5-10(15)8-11(9)16/h4-5,8,12H,6-7,17H2,1-3H3,(H,18,19). The third-order valence-electron chi connectivity index (χ3n) is 2.92. The van der Waals surface area contributed by atoms with E-state index < -0.39 is 6.04 Å². The molecule has 0 saturated carbocycles. The number of halogens is 2. The minimum atomic E-state index is -0.520. The summed E-state index contributed by atoms with van der Waals surface area (Å²) in [5, 5.41) is 4.04. The number of rotatable bonds is 4. The van der Waals surface area contributed by atoms with Crippen LogP contribution < -0.4 is 11.1 Å². The van der Waals surface area contributed by atoms with Gasteiger partial charge in [0.05, 0.1) is 6.04 Å². The lowest BCUT2D eigenvalue weighted by molar-refractivity contribution is -0.124. The van der Waals surface area contributed by atoms with Crippen LogP contribution in [-0.4, -0.2) is 18.5 Å². The van der Waals surface area contributed by atoms with E-state index >= 15 is 0 Å². The molecule has 0 fully saturated rings. The zero-order chi connectivity index (χ0) is 14.6. The lowest BCUT2D eigenvalue weighted by atomic mass is 9.87. The van der Waals surface area contributed by atoms with Crippen LogP contribution in [0.2, 0.25) is 10.0 Å². The molecule has 3 N–H and O–H groups in total. The van der Waals surface area contributed by atoms with Crippen molar-refractivity contribution in [3.63, 3.8) is 0 Å². The lowest BCUT2D eigenvalue weighted by Crippen LogP contribution is -2.48. The van der Waals surface area contributed by atoms with E-state index in [0.29, 0.717) is 23.0 Å². The number of nitrogens with two attached hydrogens (primary N) is 1. The molecule has 0 radical (unpaired) electrons. The minimum absolute atomic E-state index is 0.141. The van der Waals surface area contributed by atoms with Crippen LogP contribution >= 0.6 is 23.2 Å². The van der Waals surface area contributed by atoms with Crippen molar-refractivity contribution in [1.82, 2.24) is 5.32 Å². The number of benzene rings is 1. The Balaban J connectivity index is 2.48. The quantitative estimate of drug-likeness (QED) is 0.898. The number of hydrogen-bond donors (Lipinski definition) is 2. The minimum Gasteiger partial charge on any atom is -0.354 e.